The van der Waals surface area contributed by atoms with Gasteiger partial charge in [0, 0.05) is 11.8 Å². The number of alkyl halides is 3. The predicted octanol–water partition coefficient (Wildman–Crippen LogP) is 4.60. The number of ketones is 2. The summed E-state index contributed by atoms with van der Waals surface area (Å²) in [5.74, 6) is -2.12. The zero-order valence-corrected chi connectivity index (χ0v) is 26.2. The Kier molecular flexibility index (Phi) is 16.7. The molecule has 0 spiro atoms. The highest BCUT2D eigenvalue weighted by molar-refractivity contribution is 6.32. The first-order valence-corrected chi connectivity index (χ1v) is 15.1. The number of ether oxygens (including phenoxy) is 2. The first kappa shape index (κ1) is 37.8. The molecule has 0 amide bonds. The summed E-state index contributed by atoms with van der Waals surface area (Å²) in [6, 6.07) is 12.3. The van der Waals surface area contributed by atoms with E-state index in [0.717, 1.165) is 11.1 Å². The number of benzene rings is 2. The Labute approximate surface area is 273 Å². The van der Waals surface area contributed by atoms with E-state index < -0.39 is 5.97 Å². The van der Waals surface area contributed by atoms with Crippen LogP contribution >= 0.6 is 34.8 Å². The highest BCUT2D eigenvalue weighted by Gasteiger charge is 2.30. The molecule has 246 valence electrons. The van der Waals surface area contributed by atoms with Crippen molar-refractivity contribution >= 4 is 64.0 Å². The number of oxime groups is 2. The van der Waals surface area contributed by atoms with E-state index in [-0.39, 0.29) is 83.0 Å². The number of carbonyl (C=O) groups excluding carboxylic acids is 3. The SMILES string of the molecule is N/C(=N\O)[C@@H]1CO[C@@H](c2ccc(F)cc2)C1.N/C(=N\OC(=O)CCl)[C@@H]1CO[C@@H](c2ccc(F)cc2)C1.O=C(CCl)CC(=O)CCl. The number of hydrogen-bond acceptors (Lipinski definition) is 9. The predicted molar refractivity (Wildman–Crippen MR) is 164 cm³/mol. The van der Waals surface area contributed by atoms with Gasteiger partial charge in [-0.2, -0.15) is 0 Å². The summed E-state index contributed by atoms with van der Waals surface area (Å²) >= 11 is 15.5. The fourth-order valence-corrected chi connectivity index (χ4v) is 4.32. The first-order valence-electron chi connectivity index (χ1n) is 13.5. The summed E-state index contributed by atoms with van der Waals surface area (Å²) in [6.45, 7) is 0.799. The van der Waals surface area contributed by atoms with E-state index in [1.165, 1.54) is 24.3 Å². The standard InChI is InChI=1S/C13H14ClFN2O3.C11H13FN2O2.C5H6Cl2O2/c14-6-12(18)20-17-13(16)9-5-11(19-7-9)8-1-3-10(15)4-2-8;12-9-3-1-7(2-4-9)10-5-8(6-16-10)11(13)14-15;6-2-4(8)1-5(9)3-7/h1-4,9,11H,5-7H2,(H2,16,17);1-4,8,10,15H,5-6H2,(H2,13,14);1-3H2/t9-,11+;8-,10+;/m00./s1. The third-order valence-electron chi connectivity index (χ3n) is 6.48. The lowest BCUT2D eigenvalue weighted by molar-refractivity contribution is -0.140. The van der Waals surface area contributed by atoms with Crippen molar-refractivity contribution in [3.63, 3.8) is 0 Å². The normalized spacial score (nSPS) is 21.2. The van der Waals surface area contributed by atoms with E-state index in [4.69, 9.17) is 61.0 Å². The Morgan fingerprint density at radius 2 is 1.20 bits per heavy atom. The van der Waals surface area contributed by atoms with Crippen LogP contribution in [0.5, 0.6) is 0 Å². The van der Waals surface area contributed by atoms with Gasteiger partial charge in [-0.15, -0.1) is 34.8 Å². The van der Waals surface area contributed by atoms with Crippen LogP contribution in [0.2, 0.25) is 0 Å². The Balaban J connectivity index is 0.000000253. The molecule has 2 aromatic carbocycles. The number of carbonyl (C=O) groups is 3. The minimum atomic E-state index is -0.663. The molecule has 0 aromatic heterocycles. The Bertz CT molecular complexity index is 1300. The van der Waals surface area contributed by atoms with Crippen molar-refractivity contribution in [2.24, 2.45) is 33.6 Å². The number of rotatable bonds is 10. The molecule has 2 aliphatic rings. The van der Waals surface area contributed by atoms with Gasteiger partial charge in [0.1, 0.15) is 29.2 Å². The summed E-state index contributed by atoms with van der Waals surface area (Å²) in [7, 11) is 0. The highest BCUT2D eigenvalue weighted by atomic mass is 35.5. The van der Waals surface area contributed by atoms with Crippen molar-refractivity contribution in [1.82, 2.24) is 0 Å². The van der Waals surface area contributed by atoms with Crippen LogP contribution in [0, 0.1) is 23.5 Å². The molecule has 2 aromatic rings. The maximum Gasteiger partial charge on any atom is 0.349 e. The number of Topliss-reactive ketones (excluding diaryl/α,β-unsaturated/α-hetero) is 2. The van der Waals surface area contributed by atoms with Gasteiger partial charge in [-0.05, 0) is 48.2 Å². The maximum absolute atomic E-state index is 12.8. The van der Waals surface area contributed by atoms with Crippen LogP contribution in [-0.2, 0) is 28.7 Å². The molecule has 16 heteroatoms. The summed E-state index contributed by atoms with van der Waals surface area (Å²) in [5.41, 5.74) is 13.0. The van der Waals surface area contributed by atoms with Gasteiger partial charge in [-0.3, -0.25) is 9.59 Å². The molecule has 0 bridgehead atoms. The topological polar surface area (TPSA) is 176 Å². The zero-order chi connectivity index (χ0) is 33.4. The van der Waals surface area contributed by atoms with Crippen molar-refractivity contribution in [3.8, 4) is 0 Å². The van der Waals surface area contributed by atoms with Crippen molar-refractivity contribution in [1.29, 1.82) is 0 Å². The Morgan fingerprint density at radius 3 is 1.58 bits per heavy atom. The average Bonchev–Trinajstić information content (AvgIpc) is 3.75. The first-order chi connectivity index (χ1) is 21.5. The monoisotopic (exact) mass is 692 g/mol. The summed E-state index contributed by atoms with van der Waals surface area (Å²) < 4.78 is 36.7. The molecule has 4 atom stereocenters. The second-order valence-corrected chi connectivity index (χ2v) is 10.6. The summed E-state index contributed by atoms with van der Waals surface area (Å²) in [6.07, 6.45) is 0.845. The molecule has 11 nitrogen and oxygen atoms in total. The van der Waals surface area contributed by atoms with E-state index >= 15 is 0 Å². The van der Waals surface area contributed by atoms with Crippen LogP contribution in [0.1, 0.15) is 42.6 Å². The second-order valence-electron chi connectivity index (χ2n) is 9.77. The molecule has 2 saturated heterocycles. The third-order valence-corrected chi connectivity index (χ3v) is 7.30. The van der Waals surface area contributed by atoms with E-state index in [0.29, 0.717) is 26.1 Å². The molecular formula is C29H33Cl3F2N4O7. The van der Waals surface area contributed by atoms with Gasteiger partial charge >= 0.3 is 5.97 Å². The smallest absolute Gasteiger partial charge is 0.349 e. The number of hydrogen-bond donors (Lipinski definition) is 3. The minimum Gasteiger partial charge on any atom is -0.409 e. The molecular weight excluding hydrogens is 661 g/mol. The summed E-state index contributed by atoms with van der Waals surface area (Å²) in [4.78, 5) is 36.1. The fourth-order valence-electron chi connectivity index (χ4n) is 4.08. The van der Waals surface area contributed by atoms with Crippen molar-refractivity contribution in [2.75, 3.05) is 30.9 Å². The van der Waals surface area contributed by atoms with Crippen LogP contribution in [0.15, 0.2) is 58.8 Å². The van der Waals surface area contributed by atoms with Gasteiger partial charge in [-0.1, -0.05) is 34.6 Å². The molecule has 2 fully saturated rings. The van der Waals surface area contributed by atoms with E-state index in [9.17, 15) is 23.2 Å². The van der Waals surface area contributed by atoms with Crippen molar-refractivity contribution < 1.29 is 42.7 Å². The molecule has 2 heterocycles. The third kappa shape index (κ3) is 13.3. The molecule has 0 unspecified atom stereocenters. The van der Waals surface area contributed by atoms with Crippen LogP contribution in [0.3, 0.4) is 0 Å². The van der Waals surface area contributed by atoms with Gasteiger partial charge in [0.15, 0.2) is 11.6 Å². The molecule has 5 N–H and O–H groups in total. The largest absolute Gasteiger partial charge is 0.409 e. The van der Waals surface area contributed by atoms with Crippen LogP contribution < -0.4 is 11.5 Å². The van der Waals surface area contributed by atoms with Crippen molar-refractivity contribution in [3.05, 3.63) is 71.3 Å². The lowest BCUT2D eigenvalue weighted by Crippen LogP contribution is -2.24. The molecule has 45 heavy (non-hydrogen) atoms. The number of nitrogens with two attached hydrogens (primary N) is 2. The number of amidine groups is 2. The van der Waals surface area contributed by atoms with Gasteiger partial charge in [0.2, 0.25) is 0 Å². The molecule has 4 rings (SSSR count). The van der Waals surface area contributed by atoms with Crippen molar-refractivity contribution in [2.45, 2.75) is 31.5 Å². The number of halogens is 5. The quantitative estimate of drug-likeness (QED) is 0.0611. The van der Waals surface area contributed by atoms with Gasteiger partial charge < -0.3 is 31.0 Å². The molecule has 0 radical (unpaired) electrons. The lowest BCUT2D eigenvalue weighted by atomic mass is 10.00. The molecule has 0 saturated carbocycles. The van der Waals surface area contributed by atoms with Crippen LogP contribution in [-0.4, -0.2) is 65.3 Å². The lowest BCUT2D eigenvalue weighted by Gasteiger charge is -2.09. The van der Waals surface area contributed by atoms with Crippen LogP contribution in [0.4, 0.5) is 8.78 Å². The Hall–Kier alpha value is -3.36. The van der Waals surface area contributed by atoms with Gasteiger partial charge in [0.05, 0.1) is 43.6 Å². The van der Waals surface area contributed by atoms with Gasteiger partial charge in [-0.25, -0.2) is 13.6 Å². The molecule has 2 aliphatic heterocycles. The molecule has 0 aliphatic carbocycles. The average molecular weight is 694 g/mol. The zero-order valence-electron chi connectivity index (χ0n) is 23.9. The second kappa shape index (κ2) is 19.9. The highest BCUT2D eigenvalue weighted by Crippen LogP contribution is 2.33. The minimum absolute atomic E-state index is 0.0694. The van der Waals surface area contributed by atoms with E-state index in [1.54, 1.807) is 24.3 Å². The Morgan fingerprint density at radius 1 is 0.778 bits per heavy atom. The van der Waals surface area contributed by atoms with E-state index in [1.807, 2.05) is 0 Å². The van der Waals surface area contributed by atoms with E-state index in [2.05, 4.69) is 15.1 Å². The van der Waals surface area contributed by atoms with Crippen LogP contribution in [0.25, 0.3) is 0 Å². The number of nitrogens with zero attached hydrogens (tertiary/aromatic N) is 2. The summed E-state index contributed by atoms with van der Waals surface area (Å²) in [5, 5.41) is 15.1. The fraction of sp³-hybridized carbons (Fsp3) is 0.414. The van der Waals surface area contributed by atoms with Gasteiger partial charge in [0.25, 0.3) is 0 Å². The maximum atomic E-state index is 12.8.